The number of amides is 2. The molecule has 1 fully saturated rings. The zero-order valence-corrected chi connectivity index (χ0v) is 16.0. The van der Waals surface area contributed by atoms with Crippen molar-refractivity contribution in [3.8, 4) is 0 Å². The number of nitrogens with zero attached hydrogens (tertiary/aromatic N) is 1. The third-order valence-corrected chi connectivity index (χ3v) is 5.75. The van der Waals surface area contributed by atoms with E-state index in [0.29, 0.717) is 18.8 Å². The quantitative estimate of drug-likeness (QED) is 0.813. The Kier molecular flexibility index (Phi) is 4.63. The minimum absolute atomic E-state index is 0.147. The van der Waals surface area contributed by atoms with E-state index in [2.05, 4.69) is 5.32 Å². The number of fused-ring (bicyclic) bond motifs is 1. The largest absolute Gasteiger partial charge is 0.416 e. The highest BCUT2D eigenvalue weighted by Gasteiger charge is 2.47. The van der Waals surface area contributed by atoms with E-state index in [9.17, 15) is 22.8 Å². The lowest BCUT2D eigenvalue weighted by atomic mass is 9.97. The lowest BCUT2D eigenvalue weighted by Crippen LogP contribution is -2.39. The average molecular weight is 402 g/mol. The molecular weight excluding hydrogens is 381 g/mol. The van der Waals surface area contributed by atoms with E-state index in [-0.39, 0.29) is 16.9 Å². The third kappa shape index (κ3) is 3.99. The number of alkyl halides is 3. The van der Waals surface area contributed by atoms with Crippen molar-refractivity contribution in [3.63, 3.8) is 0 Å². The van der Waals surface area contributed by atoms with E-state index in [1.54, 1.807) is 6.07 Å². The predicted molar refractivity (Wildman–Crippen MR) is 102 cm³/mol. The van der Waals surface area contributed by atoms with Crippen LogP contribution in [0.25, 0.3) is 0 Å². The van der Waals surface area contributed by atoms with Crippen molar-refractivity contribution in [2.45, 2.75) is 38.9 Å². The Labute approximate surface area is 166 Å². The van der Waals surface area contributed by atoms with Crippen molar-refractivity contribution >= 4 is 17.5 Å². The number of anilines is 1. The van der Waals surface area contributed by atoms with Gasteiger partial charge in [0.15, 0.2) is 0 Å². The van der Waals surface area contributed by atoms with Gasteiger partial charge in [0.2, 0.25) is 5.91 Å². The zero-order valence-electron chi connectivity index (χ0n) is 16.0. The van der Waals surface area contributed by atoms with Crippen LogP contribution in [0.3, 0.4) is 0 Å². The molecule has 4 nitrogen and oxygen atoms in total. The van der Waals surface area contributed by atoms with E-state index in [0.717, 1.165) is 54.7 Å². The fourth-order valence-corrected chi connectivity index (χ4v) is 3.61. The minimum Gasteiger partial charge on any atom is -0.338 e. The predicted octanol–water partition coefficient (Wildman–Crippen LogP) is 4.64. The van der Waals surface area contributed by atoms with Crippen molar-refractivity contribution in [1.29, 1.82) is 0 Å². The van der Waals surface area contributed by atoms with Gasteiger partial charge in [-0.2, -0.15) is 13.2 Å². The summed E-state index contributed by atoms with van der Waals surface area (Å²) in [7, 11) is 0. The van der Waals surface area contributed by atoms with Gasteiger partial charge in [0.25, 0.3) is 5.91 Å². The molecule has 0 aromatic heterocycles. The molecule has 1 N–H and O–H groups in total. The number of halogens is 3. The van der Waals surface area contributed by atoms with Crippen LogP contribution in [0.1, 0.15) is 46.8 Å². The van der Waals surface area contributed by atoms with Crippen LogP contribution in [0.4, 0.5) is 18.9 Å². The van der Waals surface area contributed by atoms with Gasteiger partial charge in [-0.1, -0.05) is 13.0 Å². The first-order valence-corrected chi connectivity index (χ1v) is 9.55. The van der Waals surface area contributed by atoms with Gasteiger partial charge in [0, 0.05) is 29.8 Å². The molecule has 1 heterocycles. The highest BCUT2D eigenvalue weighted by Crippen LogP contribution is 2.47. The topological polar surface area (TPSA) is 49.4 Å². The van der Waals surface area contributed by atoms with E-state index in [1.807, 2.05) is 24.0 Å². The van der Waals surface area contributed by atoms with Gasteiger partial charge in [-0.15, -0.1) is 0 Å². The number of hydrogen-bond acceptors (Lipinski definition) is 2. The molecule has 0 saturated heterocycles. The summed E-state index contributed by atoms with van der Waals surface area (Å²) >= 11 is 0. The number of carbonyl (C=O) groups is 2. The Morgan fingerprint density at radius 1 is 1.03 bits per heavy atom. The van der Waals surface area contributed by atoms with E-state index >= 15 is 0 Å². The summed E-state index contributed by atoms with van der Waals surface area (Å²) < 4.78 is 38.0. The Morgan fingerprint density at radius 3 is 2.34 bits per heavy atom. The van der Waals surface area contributed by atoms with Gasteiger partial charge in [0.1, 0.15) is 0 Å². The van der Waals surface area contributed by atoms with Crippen molar-refractivity contribution < 1.29 is 22.8 Å². The van der Waals surface area contributed by atoms with Crippen LogP contribution in [0.5, 0.6) is 0 Å². The maximum atomic E-state index is 12.7. The summed E-state index contributed by atoms with van der Waals surface area (Å²) in [5.74, 6) is -0.296. The van der Waals surface area contributed by atoms with Crippen molar-refractivity contribution in [3.05, 3.63) is 64.7 Å². The van der Waals surface area contributed by atoms with Crippen molar-refractivity contribution in [2.75, 3.05) is 11.9 Å². The molecular formula is C22H21F3N2O2. The second kappa shape index (κ2) is 6.90. The summed E-state index contributed by atoms with van der Waals surface area (Å²) in [5, 5.41) is 2.73. The van der Waals surface area contributed by atoms with Gasteiger partial charge in [0.05, 0.1) is 5.56 Å². The first-order valence-electron chi connectivity index (χ1n) is 9.55. The SMILES string of the molecule is CC1(C(=O)N2CCc3ccc(NC(=O)c4ccc(C(F)(F)F)cc4)cc3C2)CC1. The monoisotopic (exact) mass is 402 g/mol. The summed E-state index contributed by atoms with van der Waals surface area (Å²) in [6.07, 6.45) is -1.81. The number of carbonyl (C=O) groups excluding carboxylic acids is 2. The maximum absolute atomic E-state index is 12.7. The molecule has 2 aromatic carbocycles. The molecule has 0 unspecified atom stereocenters. The molecule has 152 valence electrons. The lowest BCUT2D eigenvalue weighted by Gasteiger charge is -2.31. The standard InChI is InChI=1S/C22H21F3N2O2/c1-21(9-10-21)20(29)27-11-8-14-4-7-18(12-16(14)13-27)26-19(28)15-2-5-17(6-3-15)22(23,24)25/h2-7,12H,8-11,13H2,1H3,(H,26,28). The molecule has 0 radical (unpaired) electrons. The smallest absolute Gasteiger partial charge is 0.338 e. The van der Waals surface area contributed by atoms with Crippen LogP contribution in [0, 0.1) is 5.41 Å². The van der Waals surface area contributed by atoms with E-state index in [4.69, 9.17) is 0 Å². The summed E-state index contributed by atoms with van der Waals surface area (Å²) in [4.78, 5) is 26.9. The molecule has 2 aliphatic rings. The van der Waals surface area contributed by atoms with Crippen LogP contribution in [-0.2, 0) is 23.9 Å². The molecule has 29 heavy (non-hydrogen) atoms. The number of hydrogen-bond donors (Lipinski definition) is 1. The minimum atomic E-state index is -4.44. The normalized spacial score (nSPS) is 17.4. The molecule has 0 atom stereocenters. The Balaban J connectivity index is 1.46. The van der Waals surface area contributed by atoms with Crippen LogP contribution >= 0.6 is 0 Å². The molecule has 1 aliphatic heterocycles. The van der Waals surface area contributed by atoms with Gasteiger partial charge in [-0.05, 0) is 66.8 Å². The van der Waals surface area contributed by atoms with E-state index in [1.165, 1.54) is 0 Å². The Morgan fingerprint density at radius 2 is 1.72 bits per heavy atom. The maximum Gasteiger partial charge on any atom is 0.416 e. The van der Waals surface area contributed by atoms with Crippen molar-refractivity contribution in [1.82, 2.24) is 4.90 Å². The highest BCUT2D eigenvalue weighted by atomic mass is 19.4. The second-order valence-corrected chi connectivity index (χ2v) is 8.05. The first kappa shape index (κ1) is 19.5. The van der Waals surface area contributed by atoms with Gasteiger partial charge >= 0.3 is 6.18 Å². The molecule has 7 heteroatoms. The van der Waals surface area contributed by atoms with Gasteiger partial charge in [-0.3, -0.25) is 9.59 Å². The molecule has 1 saturated carbocycles. The summed E-state index contributed by atoms with van der Waals surface area (Å²) in [6.45, 7) is 3.19. The number of rotatable bonds is 3. The fourth-order valence-electron chi connectivity index (χ4n) is 3.61. The van der Waals surface area contributed by atoms with Crippen LogP contribution in [0.15, 0.2) is 42.5 Å². The fraction of sp³-hybridized carbons (Fsp3) is 0.364. The van der Waals surface area contributed by atoms with Crippen molar-refractivity contribution in [2.24, 2.45) is 5.41 Å². The summed E-state index contributed by atoms with van der Waals surface area (Å²) in [5.41, 5.74) is 1.82. The van der Waals surface area contributed by atoms with Gasteiger partial charge in [-0.25, -0.2) is 0 Å². The van der Waals surface area contributed by atoms with E-state index < -0.39 is 17.6 Å². The molecule has 0 spiro atoms. The molecule has 1 aliphatic carbocycles. The molecule has 2 aromatic rings. The first-order chi connectivity index (χ1) is 13.7. The molecule has 0 bridgehead atoms. The Bertz CT molecular complexity index is 963. The number of nitrogens with one attached hydrogen (secondary N) is 1. The lowest BCUT2D eigenvalue weighted by molar-refractivity contribution is -0.138. The van der Waals surface area contributed by atoms with Crippen LogP contribution in [-0.4, -0.2) is 23.3 Å². The molecule has 4 rings (SSSR count). The van der Waals surface area contributed by atoms with Gasteiger partial charge < -0.3 is 10.2 Å². The highest BCUT2D eigenvalue weighted by molar-refractivity contribution is 6.04. The molecule has 2 amide bonds. The second-order valence-electron chi connectivity index (χ2n) is 8.05. The zero-order chi connectivity index (χ0) is 20.8. The summed E-state index contributed by atoms with van der Waals surface area (Å²) in [6, 6.07) is 9.65. The third-order valence-electron chi connectivity index (χ3n) is 5.75. The number of benzene rings is 2. The van der Waals surface area contributed by atoms with Crippen LogP contribution in [0.2, 0.25) is 0 Å². The Hall–Kier alpha value is -2.83. The average Bonchev–Trinajstić information content (AvgIpc) is 3.45. The van der Waals surface area contributed by atoms with Crippen LogP contribution < -0.4 is 5.32 Å².